The van der Waals surface area contributed by atoms with Gasteiger partial charge in [0, 0.05) is 47.2 Å². The number of amides is 9. The lowest BCUT2D eigenvalue weighted by atomic mass is 9.96. The van der Waals surface area contributed by atoms with E-state index in [1.807, 2.05) is 90.1 Å². The van der Waals surface area contributed by atoms with Crippen LogP contribution in [0.3, 0.4) is 0 Å². The summed E-state index contributed by atoms with van der Waals surface area (Å²) in [6.45, 7) is 14.8. The maximum atomic E-state index is 14.8. The van der Waals surface area contributed by atoms with Gasteiger partial charge in [-0.15, -0.1) is 0 Å². The van der Waals surface area contributed by atoms with Crippen LogP contribution < -0.4 is 76.1 Å². The SMILES string of the molecule is CC[C@H](C)[C@H](NC(=O)[C@H](Cc1c[nH]c2ccccc12)NC(=O)[C@H](CC(C)C)NC(=O)[C@H](CC(C)C)NC(=O)[C@@H](N)Cc1c[nH]c2ccccc12)C(=O)NCC(=O)N[C@@H](CC(C)C)C(=O)N[C@@H](CCCNC(=N)N)C(=O)N[C@@H](CCCCN)C(=O)N[C@@H](CCCCN)C(=O)O. The van der Waals surface area contributed by atoms with Gasteiger partial charge in [-0.05, 0) is 137 Å². The Hall–Kier alpha value is -8.63. The molecule has 4 rings (SSSR count). The van der Waals surface area contributed by atoms with Gasteiger partial charge >= 0.3 is 5.97 Å². The number of hydrogen-bond acceptors (Lipinski definition) is 14. The molecule has 520 valence electrons. The number of para-hydroxylation sites is 2. The molecule has 0 spiro atoms. The van der Waals surface area contributed by atoms with E-state index in [0.717, 1.165) is 27.4 Å². The summed E-state index contributed by atoms with van der Waals surface area (Å²) in [5, 5.41) is 46.4. The van der Waals surface area contributed by atoms with Gasteiger partial charge in [0.2, 0.25) is 53.2 Å². The molecule has 0 unspecified atom stereocenters. The maximum absolute atomic E-state index is 14.8. The first-order valence-electron chi connectivity index (χ1n) is 32.9. The molecule has 0 saturated carbocycles. The Morgan fingerprint density at radius 2 is 0.894 bits per heavy atom. The number of aliphatic carboxylic acids is 1. The first-order valence-corrected chi connectivity index (χ1v) is 32.9. The number of fused-ring (bicyclic) bond motifs is 2. The summed E-state index contributed by atoms with van der Waals surface area (Å²) >= 11 is 0. The van der Waals surface area contributed by atoms with E-state index in [9.17, 15) is 53.1 Å². The molecule has 28 heteroatoms. The topological polar surface area (TPSA) is 471 Å². The molecule has 2 aromatic heterocycles. The molecule has 2 heterocycles. The summed E-state index contributed by atoms with van der Waals surface area (Å²) in [4.78, 5) is 146. The Morgan fingerprint density at radius 3 is 1.36 bits per heavy atom. The molecular formula is C66H105N17O11. The minimum atomic E-state index is -1.33. The number of nitrogens with two attached hydrogens (primary N) is 4. The van der Waals surface area contributed by atoms with Gasteiger partial charge in [-0.25, -0.2) is 4.79 Å². The van der Waals surface area contributed by atoms with E-state index in [1.165, 1.54) is 0 Å². The molecule has 0 fully saturated rings. The van der Waals surface area contributed by atoms with Gasteiger partial charge in [0.05, 0.1) is 12.6 Å². The number of hydrogen-bond donors (Lipinski definition) is 18. The van der Waals surface area contributed by atoms with Crippen molar-refractivity contribution < 1.29 is 53.1 Å². The smallest absolute Gasteiger partial charge is 0.326 e. The highest BCUT2D eigenvalue weighted by Crippen LogP contribution is 2.22. The Balaban J connectivity index is 1.54. The molecule has 28 nitrogen and oxygen atoms in total. The van der Waals surface area contributed by atoms with Crippen LogP contribution >= 0.6 is 0 Å². The number of carboxylic acids is 1. The molecule has 10 atom stereocenters. The molecule has 0 aliphatic heterocycles. The Labute approximate surface area is 550 Å². The van der Waals surface area contributed by atoms with Gasteiger partial charge < -0.3 is 91.2 Å². The van der Waals surface area contributed by atoms with Crippen molar-refractivity contribution in [1.82, 2.24) is 63.1 Å². The van der Waals surface area contributed by atoms with E-state index in [2.05, 4.69) is 63.1 Å². The second-order valence-electron chi connectivity index (χ2n) is 25.6. The predicted molar refractivity (Wildman–Crippen MR) is 361 cm³/mol. The molecule has 0 aliphatic carbocycles. The van der Waals surface area contributed by atoms with Crippen molar-refractivity contribution in [3.8, 4) is 0 Å². The molecular weight excluding hydrogens is 1210 g/mol. The minimum absolute atomic E-state index is 0.0292. The number of aromatic amines is 2. The third kappa shape index (κ3) is 26.0. The zero-order chi connectivity index (χ0) is 69.6. The zero-order valence-corrected chi connectivity index (χ0v) is 55.8. The highest BCUT2D eigenvalue weighted by Gasteiger charge is 2.36. The fraction of sp³-hybridized carbons (Fsp3) is 0.591. The van der Waals surface area contributed by atoms with E-state index in [-0.39, 0.29) is 88.0 Å². The summed E-state index contributed by atoms with van der Waals surface area (Å²) in [5.74, 6) is -9.00. The molecule has 9 amide bonds. The number of rotatable bonds is 43. The van der Waals surface area contributed by atoms with Crippen LogP contribution in [0.15, 0.2) is 60.9 Å². The first kappa shape index (κ1) is 77.8. The summed E-state index contributed by atoms with van der Waals surface area (Å²) in [6.07, 6.45) is 6.66. The number of H-pyrrole nitrogens is 2. The van der Waals surface area contributed by atoms with Crippen LogP contribution in [-0.4, -0.2) is 161 Å². The fourth-order valence-electron chi connectivity index (χ4n) is 10.9. The van der Waals surface area contributed by atoms with E-state index >= 15 is 0 Å². The van der Waals surface area contributed by atoms with Crippen LogP contribution in [-0.2, 0) is 60.8 Å². The molecule has 0 saturated heterocycles. The number of carbonyl (C=O) groups excluding carboxylic acids is 9. The second kappa shape index (κ2) is 39.8. The highest BCUT2D eigenvalue weighted by molar-refractivity contribution is 5.99. The maximum Gasteiger partial charge on any atom is 0.326 e. The Morgan fingerprint density at radius 1 is 0.489 bits per heavy atom. The van der Waals surface area contributed by atoms with Crippen molar-refractivity contribution in [1.29, 1.82) is 5.41 Å². The number of aromatic nitrogens is 2. The van der Waals surface area contributed by atoms with Gasteiger partial charge in [0.15, 0.2) is 5.96 Å². The number of unbranched alkanes of at least 4 members (excludes halogenated alkanes) is 2. The van der Waals surface area contributed by atoms with Crippen molar-refractivity contribution in [3.05, 3.63) is 72.1 Å². The van der Waals surface area contributed by atoms with E-state index in [1.54, 1.807) is 26.2 Å². The number of guanidine groups is 1. The first-order chi connectivity index (χ1) is 44.7. The third-order valence-electron chi connectivity index (χ3n) is 16.2. The summed E-state index contributed by atoms with van der Waals surface area (Å²) < 4.78 is 0. The summed E-state index contributed by atoms with van der Waals surface area (Å²) in [6, 6.07) is 4.08. The van der Waals surface area contributed by atoms with Crippen molar-refractivity contribution in [3.63, 3.8) is 0 Å². The molecule has 94 heavy (non-hydrogen) atoms. The number of carboxylic acid groups (broad SMARTS) is 1. The normalized spacial score (nSPS) is 14.7. The van der Waals surface area contributed by atoms with Gasteiger partial charge in [0.25, 0.3) is 0 Å². The predicted octanol–water partition coefficient (Wildman–Crippen LogP) is 1.55. The zero-order valence-electron chi connectivity index (χ0n) is 55.8. The number of benzene rings is 2. The van der Waals surface area contributed by atoms with E-state index in [4.69, 9.17) is 28.3 Å². The largest absolute Gasteiger partial charge is 0.480 e. The number of carbonyl (C=O) groups is 10. The van der Waals surface area contributed by atoms with Gasteiger partial charge in [-0.1, -0.05) is 98.2 Å². The summed E-state index contributed by atoms with van der Waals surface area (Å²) in [7, 11) is 0. The standard InChI is InChI=1S/C66H105N17O11/c1-9-40(8)56(64(92)75-36-55(84)76-51(29-37(2)3)60(88)78-49(25-18-28-72-66(70)71)58(86)77-48(23-14-16-26-67)59(87)79-50(65(93)94)24-15-17-27-68)83-63(91)54(33-42-35-74-47-22-13-11-20-44(42)47)82-62(90)53(31-39(6)7)81-61(89)52(30-38(4)5)80-57(85)45(69)32-41-34-73-46-21-12-10-19-43(41)46/h10-13,19-22,34-35,37-40,45,48-54,56,73-74H,9,14-18,23-33,36,67-69H2,1-8H3,(H,75,92)(H,76,84)(H,77,86)(H,78,88)(H,79,87)(H,80,85)(H,81,89)(H,82,90)(H,83,91)(H,93,94)(H4,70,71,72)/t40-,45-,48-,49-,50-,51-,52-,53-,54-,56-/m0/s1. The van der Waals surface area contributed by atoms with Crippen molar-refractivity contribution >= 4 is 86.9 Å². The lowest BCUT2D eigenvalue weighted by Gasteiger charge is -2.29. The van der Waals surface area contributed by atoms with Gasteiger partial charge in [-0.3, -0.25) is 48.6 Å². The second-order valence-corrected chi connectivity index (χ2v) is 25.6. The lowest BCUT2D eigenvalue weighted by molar-refractivity contribution is -0.142. The fourth-order valence-corrected chi connectivity index (χ4v) is 10.9. The molecule has 2 aromatic carbocycles. The molecule has 0 bridgehead atoms. The van der Waals surface area contributed by atoms with Gasteiger partial charge in [-0.2, -0.15) is 0 Å². The average molecular weight is 1310 g/mol. The van der Waals surface area contributed by atoms with Crippen LogP contribution in [0, 0.1) is 29.1 Å². The molecule has 4 aromatic rings. The minimum Gasteiger partial charge on any atom is -0.480 e. The Bertz CT molecular complexity index is 3150. The number of nitrogens with one attached hydrogen (secondary N) is 13. The Kier molecular flexibility index (Phi) is 33.0. The molecule has 0 aliphatic rings. The molecule has 0 radical (unpaired) electrons. The quantitative estimate of drug-likeness (QED) is 0.0170. The van der Waals surface area contributed by atoms with Crippen LogP contribution in [0.25, 0.3) is 21.8 Å². The van der Waals surface area contributed by atoms with Gasteiger partial charge in [0.1, 0.15) is 48.3 Å². The van der Waals surface area contributed by atoms with E-state index < -0.39 is 126 Å². The van der Waals surface area contributed by atoms with Crippen LogP contribution in [0.4, 0.5) is 0 Å². The van der Waals surface area contributed by atoms with E-state index in [0.29, 0.717) is 50.8 Å². The van der Waals surface area contributed by atoms with Crippen LogP contribution in [0.1, 0.15) is 144 Å². The summed E-state index contributed by atoms with van der Waals surface area (Å²) in [5.41, 5.74) is 26.4. The third-order valence-corrected chi connectivity index (χ3v) is 16.2. The van der Waals surface area contributed by atoms with Crippen molar-refractivity contribution in [2.75, 3.05) is 26.2 Å². The monoisotopic (exact) mass is 1310 g/mol. The molecule has 22 N–H and O–H groups in total. The van der Waals surface area contributed by atoms with Crippen molar-refractivity contribution in [2.45, 2.75) is 200 Å². The lowest BCUT2D eigenvalue weighted by Crippen LogP contribution is -2.60. The van der Waals surface area contributed by atoms with Crippen LogP contribution in [0.5, 0.6) is 0 Å². The van der Waals surface area contributed by atoms with Crippen LogP contribution in [0.2, 0.25) is 0 Å². The highest BCUT2D eigenvalue weighted by atomic mass is 16.4. The average Bonchev–Trinajstić information content (AvgIpc) is 1.69. The van der Waals surface area contributed by atoms with Crippen molar-refractivity contribution in [2.24, 2.45) is 46.6 Å².